The van der Waals surface area contributed by atoms with Crippen molar-refractivity contribution in [1.29, 1.82) is 0 Å². The van der Waals surface area contributed by atoms with Crippen LogP contribution in [-0.4, -0.2) is 23.5 Å². The van der Waals surface area contributed by atoms with E-state index in [1.54, 1.807) is 79.9 Å². The van der Waals surface area contributed by atoms with Gasteiger partial charge >= 0.3 is 5.76 Å². The standard InChI is InChI=1S/C23H19N3O5/c1-30-18-12-10-17(11-13-18)25-22(28)15-6-8-16(9-7-15)24-21(27)14-26-19-4-2-3-5-20(19)31-23(26)29/h2-13H,14H2,1H3,(H,24,27)(H,25,28). The van der Waals surface area contributed by atoms with Crippen LogP contribution in [0.1, 0.15) is 10.4 Å². The number of nitrogens with one attached hydrogen (secondary N) is 2. The Hall–Kier alpha value is -4.33. The van der Waals surface area contributed by atoms with Gasteiger partial charge in [0.1, 0.15) is 12.3 Å². The van der Waals surface area contributed by atoms with Crippen molar-refractivity contribution in [2.24, 2.45) is 0 Å². The molecule has 0 atom stereocenters. The number of rotatable bonds is 6. The lowest BCUT2D eigenvalue weighted by molar-refractivity contribution is -0.116. The third-order valence-electron chi connectivity index (χ3n) is 4.65. The van der Waals surface area contributed by atoms with Crippen LogP contribution in [0.25, 0.3) is 11.1 Å². The van der Waals surface area contributed by atoms with Crippen LogP contribution in [0, 0.1) is 0 Å². The van der Waals surface area contributed by atoms with Crippen LogP contribution >= 0.6 is 0 Å². The van der Waals surface area contributed by atoms with Gasteiger partial charge in [-0.2, -0.15) is 0 Å². The van der Waals surface area contributed by atoms with Gasteiger partial charge in [-0.15, -0.1) is 0 Å². The van der Waals surface area contributed by atoms with Crippen LogP contribution in [0.5, 0.6) is 5.75 Å². The molecule has 0 bridgehead atoms. The Morgan fingerprint density at radius 2 is 1.55 bits per heavy atom. The summed E-state index contributed by atoms with van der Waals surface area (Å²) in [5.74, 6) is -0.561. The van der Waals surface area contributed by atoms with Crippen molar-refractivity contribution in [3.8, 4) is 5.75 Å². The molecule has 0 aliphatic heterocycles. The molecule has 8 heteroatoms. The second-order valence-electron chi connectivity index (χ2n) is 6.73. The Bertz CT molecular complexity index is 1290. The fourth-order valence-corrected chi connectivity index (χ4v) is 3.09. The van der Waals surface area contributed by atoms with E-state index in [1.165, 1.54) is 4.57 Å². The molecule has 0 radical (unpaired) electrons. The lowest BCUT2D eigenvalue weighted by Crippen LogP contribution is -2.24. The summed E-state index contributed by atoms with van der Waals surface area (Å²) >= 11 is 0. The molecule has 1 aromatic heterocycles. The molecule has 156 valence electrons. The topological polar surface area (TPSA) is 103 Å². The Balaban J connectivity index is 1.39. The zero-order valence-corrected chi connectivity index (χ0v) is 16.6. The predicted octanol–water partition coefficient (Wildman–Crippen LogP) is 3.49. The lowest BCUT2D eigenvalue weighted by atomic mass is 10.2. The largest absolute Gasteiger partial charge is 0.497 e. The predicted molar refractivity (Wildman–Crippen MR) is 116 cm³/mol. The average molecular weight is 417 g/mol. The van der Waals surface area contributed by atoms with Crippen molar-refractivity contribution < 1.29 is 18.7 Å². The maximum absolute atomic E-state index is 12.4. The fourth-order valence-electron chi connectivity index (χ4n) is 3.09. The minimum atomic E-state index is -0.595. The third-order valence-corrected chi connectivity index (χ3v) is 4.65. The first-order valence-corrected chi connectivity index (χ1v) is 9.47. The average Bonchev–Trinajstić information content (AvgIpc) is 3.09. The summed E-state index contributed by atoms with van der Waals surface area (Å²) in [6, 6.07) is 20.3. The van der Waals surface area contributed by atoms with Crippen molar-refractivity contribution in [2.45, 2.75) is 6.54 Å². The van der Waals surface area contributed by atoms with Crippen molar-refractivity contribution in [3.63, 3.8) is 0 Å². The number of fused-ring (bicyclic) bond motifs is 1. The van der Waals surface area contributed by atoms with E-state index in [4.69, 9.17) is 9.15 Å². The second kappa shape index (κ2) is 8.58. The highest BCUT2D eigenvalue weighted by Gasteiger charge is 2.13. The van der Waals surface area contributed by atoms with Crippen molar-refractivity contribution in [2.75, 3.05) is 17.7 Å². The fraction of sp³-hybridized carbons (Fsp3) is 0.0870. The zero-order valence-electron chi connectivity index (χ0n) is 16.6. The molecule has 4 aromatic rings. The van der Waals surface area contributed by atoms with Crippen LogP contribution in [0.4, 0.5) is 11.4 Å². The van der Waals surface area contributed by atoms with Crippen LogP contribution in [0.15, 0.2) is 82.0 Å². The van der Waals surface area contributed by atoms with E-state index in [9.17, 15) is 14.4 Å². The molecule has 31 heavy (non-hydrogen) atoms. The number of hydrogen-bond acceptors (Lipinski definition) is 5. The highest BCUT2D eigenvalue weighted by Crippen LogP contribution is 2.17. The van der Waals surface area contributed by atoms with Gasteiger partial charge in [-0.25, -0.2) is 4.79 Å². The van der Waals surface area contributed by atoms with Gasteiger partial charge < -0.3 is 19.8 Å². The SMILES string of the molecule is COc1ccc(NC(=O)c2ccc(NC(=O)Cn3c(=O)oc4ccccc43)cc2)cc1. The van der Waals surface area contributed by atoms with Crippen LogP contribution in [-0.2, 0) is 11.3 Å². The molecule has 2 amide bonds. The first-order valence-electron chi connectivity index (χ1n) is 9.47. The van der Waals surface area contributed by atoms with Gasteiger partial charge in [0.15, 0.2) is 5.58 Å². The number of methoxy groups -OCH3 is 1. The molecule has 1 heterocycles. The number of anilines is 2. The Morgan fingerprint density at radius 3 is 2.26 bits per heavy atom. The van der Waals surface area contributed by atoms with E-state index >= 15 is 0 Å². The van der Waals surface area contributed by atoms with Gasteiger partial charge in [0.25, 0.3) is 5.91 Å². The number of benzene rings is 3. The molecule has 0 unspecified atom stereocenters. The number of para-hydroxylation sites is 2. The van der Waals surface area contributed by atoms with Crippen molar-refractivity contribution >= 4 is 34.3 Å². The summed E-state index contributed by atoms with van der Waals surface area (Å²) in [6.07, 6.45) is 0. The second-order valence-corrected chi connectivity index (χ2v) is 6.73. The Morgan fingerprint density at radius 1 is 0.903 bits per heavy atom. The summed E-state index contributed by atoms with van der Waals surface area (Å²) < 4.78 is 11.5. The molecule has 0 saturated heterocycles. The third kappa shape index (κ3) is 4.48. The van der Waals surface area contributed by atoms with E-state index < -0.39 is 5.76 Å². The van der Waals surface area contributed by atoms with E-state index in [0.29, 0.717) is 33.8 Å². The number of aromatic nitrogens is 1. The highest BCUT2D eigenvalue weighted by molar-refractivity contribution is 6.04. The zero-order chi connectivity index (χ0) is 21.8. The van der Waals surface area contributed by atoms with Gasteiger partial charge in [0.05, 0.1) is 12.6 Å². The Labute approximate surface area is 177 Å². The molecule has 0 saturated carbocycles. The quantitative estimate of drug-likeness (QED) is 0.500. The van der Waals surface area contributed by atoms with Gasteiger partial charge in [0, 0.05) is 16.9 Å². The summed E-state index contributed by atoms with van der Waals surface area (Å²) in [4.78, 5) is 36.8. The van der Waals surface area contributed by atoms with E-state index in [1.807, 2.05) is 0 Å². The number of amides is 2. The summed E-state index contributed by atoms with van der Waals surface area (Å²) in [7, 11) is 1.57. The first kappa shape index (κ1) is 20.0. The summed E-state index contributed by atoms with van der Waals surface area (Å²) in [5, 5.41) is 5.51. The Kier molecular flexibility index (Phi) is 5.53. The van der Waals surface area contributed by atoms with Crippen molar-refractivity contribution in [1.82, 2.24) is 4.57 Å². The molecule has 0 spiro atoms. The van der Waals surface area contributed by atoms with Crippen molar-refractivity contribution in [3.05, 3.63) is 88.9 Å². The van der Waals surface area contributed by atoms with Crippen LogP contribution < -0.4 is 21.1 Å². The molecule has 8 nitrogen and oxygen atoms in total. The van der Waals surface area contributed by atoms with Gasteiger partial charge in [-0.3, -0.25) is 14.2 Å². The minimum absolute atomic E-state index is 0.185. The first-order chi connectivity index (χ1) is 15.0. The molecule has 0 aliphatic carbocycles. The van der Waals surface area contributed by atoms with E-state index in [-0.39, 0.29) is 18.4 Å². The van der Waals surface area contributed by atoms with E-state index in [0.717, 1.165) is 0 Å². The molecular formula is C23H19N3O5. The molecule has 0 fully saturated rings. The van der Waals surface area contributed by atoms with E-state index in [2.05, 4.69) is 10.6 Å². The maximum atomic E-state index is 12.4. The van der Waals surface area contributed by atoms with Gasteiger partial charge in [-0.1, -0.05) is 12.1 Å². The monoisotopic (exact) mass is 417 g/mol. The molecule has 2 N–H and O–H groups in total. The molecule has 4 rings (SSSR count). The van der Waals surface area contributed by atoms with Gasteiger partial charge in [0.2, 0.25) is 5.91 Å². The van der Waals surface area contributed by atoms with Gasteiger partial charge in [-0.05, 0) is 60.7 Å². The lowest BCUT2D eigenvalue weighted by Gasteiger charge is -2.08. The molecule has 0 aliphatic rings. The molecule has 3 aromatic carbocycles. The molecular weight excluding hydrogens is 398 g/mol. The maximum Gasteiger partial charge on any atom is 0.420 e. The number of ether oxygens (including phenoxy) is 1. The number of nitrogens with zero attached hydrogens (tertiary/aromatic N) is 1. The normalized spacial score (nSPS) is 10.6. The summed E-state index contributed by atoms with van der Waals surface area (Å²) in [6.45, 7) is -0.185. The number of carbonyl (C=O) groups excluding carboxylic acids is 2. The number of hydrogen-bond donors (Lipinski definition) is 2. The van der Waals surface area contributed by atoms with Crippen LogP contribution in [0.2, 0.25) is 0 Å². The minimum Gasteiger partial charge on any atom is -0.497 e. The van der Waals surface area contributed by atoms with Crippen LogP contribution in [0.3, 0.4) is 0 Å². The summed E-state index contributed by atoms with van der Waals surface area (Å²) in [5.41, 5.74) is 2.55. The number of oxazole rings is 1. The number of carbonyl (C=O) groups is 2. The highest BCUT2D eigenvalue weighted by atomic mass is 16.5. The smallest absolute Gasteiger partial charge is 0.420 e.